The Kier molecular flexibility index (Phi) is 5.98. The number of amides is 2. The van der Waals surface area contributed by atoms with E-state index in [0.717, 1.165) is 12.1 Å². The van der Waals surface area contributed by atoms with Gasteiger partial charge in [0, 0.05) is 11.1 Å². The van der Waals surface area contributed by atoms with Gasteiger partial charge >= 0.3 is 0 Å². The Morgan fingerprint density at radius 2 is 1.40 bits per heavy atom. The van der Waals surface area contributed by atoms with Gasteiger partial charge in [0.15, 0.2) is 0 Å². The standard InChI is InChI=1S/C20H16FN3O5S/c21-17-9-1-2-10-18(17)24-30(28,29)16-8-4-6-14(12-16)20(27)23-22-19(26)13-5-3-7-15(25)11-13/h1-12,24-25H,(H,22,26)(H,23,27). The number of nitrogens with one attached hydrogen (secondary N) is 3. The number of phenolic OH excluding ortho intramolecular Hbond substituents is 1. The molecular weight excluding hydrogens is 413 g/mol. The fraction of sp³-hybridized carbons (Fsp3) is 0. The third-order valence-corrected chi connectivity index (χ3v) is 5.29. The highest BCUT2D eigenvalue weighted by Gasteiger charge is 2.18. The molecule has 154 valence electrons. The summed E-state index contributed by atoms with van der Waals surface area (Å²) < 4.78 is 40.9. The van der Waals surface area contributed by atoms with Gasteiger partial charge in [0.25, 0.3) is 21.8 Å². The molecule has 0 spiro atoms. The van der Waals surface area contributed by atoms with E-state index in [2.05, 4.69) is 15.6 Å². The molecule has 3 aromatic carbocycles. The van der Waals surface area contributed by atoms with Crippen molar-refractivity contribution in [1.29, 1.82) is 0 Å². The van der Waals surface area contributed by atoms with E-state index in [4.69, 9.17) is 0 Å². The molecule has 2 amide bonds. The van der Waals surface area contributed by atoms with Crippen LogP contribution in [0.5, 0.6) is 5.75 Å². The van der Waals surface area contributed by atoms with Gasteiger partial charge in [-0.05, 0) is 48.5 Å². The number of hydrogen-bond donors (Lipinski definition) is 4. The van der Waals surface area contributed by atoms with Crippen molar-refractivity contribution in [1.82, 2.24) is 10.9 Å². The van der Waals surface area contributed by atoms with Crippen molar-refractivity contribution in [3.05, 3.63) is 89.7 Å². The molecule has 0 heterocycles. The second kappa shape index (κ2) is 8.62. The monoisotopic (exact) mass is 429 g/mol. The fourth-order valence-electron chi connectivity index (χ4n) is 2.46. The summed E-state index contributed by atoms with van der Waals surface area (Å²) in [5.41, 5.74) is 4.15. The third kappa shape index (κ3) is 4.92. The van der Waals surface area contributed by atoms with Gasteiger partial charge in [-0.15, -0.1) is 0 Å². The Morgan fingerprint density at radius 1 is 0.800 bits per heavy atom. The number of carbonyl (C=O) groups excluding carboxylic acids is 2. The Labute approximate surface area is 171 Å². The summed E-state index contributed by atoms with van der Waals surface area (Å²) in [7, 11) is -4.16. The zero-order valence-electron chi connectivity index (χ0n) is 15.3. The molecule has 0 aliphatic carbocycles. The first kappa shape index (κ1) is 20.8. The van der Waals surface area contributed by atoms with Gasteiger partial charge in [-0.25, -0.2) is 12.8 Å². The van der Waals surface area contributed by atoms with Gasteiger partial charge < -0.3 is 5.11 Å². The molecule has 0 atom stereocenters. The lowest BCUT2D eigenvalue weighted by Gasteiger charge is -2.11. The van der Waals surface area contributed by atoms with Gasteiger partial charge in [0.05, 0.1) is 10.6 Å². The predicted octanol–water partition coefficient (Wildman–Crippen LogP) is 2.41. The van der Waals surface area contributed by atoms with Crippen LogP contribution in [-0.4, -0.2) is 25.3 Å². The average Bonchev–Trinajstić information content (AvgIpc) is 2.73. The minimum absolute atomic E-state index is 0.0531. The van der Waals surface area contributed by atoms with Crippen LogP contribution in [0.1, 0.15) is 20.7 Å². The summed E-state index contributed by atoms with van der Waals surface area (Å²) >= 11 is 0. The quantitative estimate of drug-likeness (QED) is 0.464. The van der Waals surface area contributed by atoms with E-state index in [1.54, 1.807) is 0 Å². The second-order valence-electron chi connectivity index (χ2n) is 6.07. The number of hydrogen-bond acceptors (Lipinski definition) is 5. The first-order valence-corrected chi connectivity index (χ1v) is 10.0. The number of halogens is 1. The maximum Gasteiger partial charge on any atom is 0.269 e. The lowest BCUT2D eigenvalue weighted by Crippen LogP contribution is -2.41. The second-order valence-corrected chi connectivity index (χ2v) is 7.75. The van der Waals surface area contributed by atoms with Gasteiger partial charge in [-0.1, -0.05) is 24.3 Å². The van der Waals surface area contributed by atoms with E-state index in [1.807, 2.05) is 0 Å². The molecule has 30 heavy (non-hydrogen) atoms. The number of benzene rings is 3. The molecule has 0 saturated carbocycles. The van der Waals surface area contributed by atoms with Crippen molar-refractivity contribution in [2.24, 2.45) is 0 Å². The first-order valence-electron chi connectivity index (χ1n) is 8.53. The smallest absolute Gasteiger partial charge is 0.269 e. The van der Waals surface area contributed by atoms with Gasteiger partial charge in [-0.2, -0.15) is 0 Å². The predicted molar refractivity (Wildman–Crippen MR) is 107 cm³/mol. The molecule has 0 radical (unpaired) electrons. The summed E-state index contributed by atoms with van der Waals surface area (Å²) in [5, 5.41) is 9.39. The number of hydrazine groups is 1. The van der Waals surface area contributed by atoms with Crippen molar-refractivity contribution in [2.75, 3.05) is 4.72 Å². The van der Waals surface area contributed by atoms with Gasteiger partial charge in [0.1, 0.15) is 11.6 Å². The van der Waals surface area contributed by atoms with Crippen molar-refractivity contribution in [3.63, 3.8) is 0 Å². The maximum absolute atomic E-state index is 13.7. The van der Waals surface area contributed by atoms with Gasteiger partial charge in [0.2, 0.25) is 0 Å². The number of para-hydroxylation sites is 1. The summed E-state index contributed by atoms with van der Waals surface area (Å²) in [4.78, 5) is 24.0. The highest BCUT2D eigenvalue weighted by Crippen LogP contribution is 2.19. The molecule has 3 rings (SSSR count). The van der Waals surface area contributed by atoms with Crippen LogP contribution in [0.4, 0.5) is 10.1 Å². The molecule has 0 aliphatic heterocycles. The Hall–Kier alpha value is -3.92. The fourth-order valence-corrected chi connectivity index (χ4v) is 3.57. The molecule has 4 N–H and O–H groups in total. The number of sulfonamides is 1. The third-order valence-electron chi connectivity index (χ3n) is 3.92. The number of anilines is 1. The molecule has 0 unspecified atom stereocenters. The molecule has 8 nitrogen and oxygen atoms in total. The van der Waals surface area contributed by atoms with Crippen molar-refractivity contribution < 1.29 is 27.5 Å². The molecule has 0 aromatic heterocycles. The molecule has 0 bridgehead atoms. The summed E-state index contributed by atoms with van der Waals surface area (Å²) in [6.07, 6.45) is 0. The molecule has 0 fully saturated rings. The zero-order chi connectivity index (χ0) is 21.7. The Balaban J connectivity index is 1.72. The van der Waals surface area contributed by atoms with Crippen molar-refractivity contribution in [2.45, 2.75) is 4.90 Å². The Morgan fingerprint density at radius 3 is 2.03 bits per heavy atom. The Bertz CT molecular complexity index is 1210. The summed E-state index contributed by atoms with van der Waals surface area (Å²) in [5.74, 6) is -2.31. The number of carbonyl (C=O) groups is 2. The van der Waals surface area contributed by atoms with E-state index in [0.29, 0.717) is 0 Å². The van der Waals surface area contributed by atoms with E-state index >= 15 is 0 Å². The van der Waals surface area contributed by atoms with Crippen molar-refractivity contribution >= 4 is 27.5 Å². The van der Waals surface area contributed by atoms with E-state index in [9.17, 15) is 27.5 Å². The molecule has 0 saturated heterocycles. The topological polar surface area (TPSA) is 125 Å². The molecular formula is C20H16FN3O5S. The summed E-state index contributed by atoms with van der Waals surface area (Å²) in [6.45, 7) is 0. The zero-order valence-corrected chi connectivity index (χ0v) is 16.1. The van der Waals surface area contributed by atoms with Crippen LogP contribution in [-0.2, 0) is 10.0 Å². The molecule has 3 aromatic rings. The number of aromatic hydroxyl groups is 1. The van der Waals surface area contributed by atoms with E-state index in [1.165, 1.54) is 60.7 Å². The van der Waals surface area contributed by atoms with E-state index in [-0.39, 0.29) is 27.5 Å². The SMILES string of the molecule is O=C(NNC(=O)c1cccc(S(=O)(=O)Nc2ccccc2F)c1)c1cccc(O)c1. The largest absolute Gasteiger partial charge is 0.508 e. The highest BCUT2D eigenvalue weighted by atomic mass is 32.2. The van der Waals surface area contributed by atoms with Crippen LogP contribution in [0.15, 0.2) is 77.7 Å². The lowest BCUT2D eigenvalue weighted by atomic mass is 10.2. The highest BCUT2D eigenvalue weighted by molar-refractivity contribution is 7.92. The van der Waals surface area contributed by atoms with Crippen LogP contribution in [0.2, 0.25) is 0 Å². The lowest BCUT2D eigenvalue weighted by molar-refractivity contribution is 0.0846. The molecule has 10 heteroatoms. The molecule has 0 aliphatic rings. The van der Waals surface area contributed by atoms with Gasteiger partial charge in [-0.3, -0.25) is 25.2 Å². The minimum atomic E-state index is -4.16. The first-order chi connectivity index (χ1) is 14.3. The van der Waals surface area contributed by atoms with Crippen LogP contribution >= 0.6 is 0 Å². The summed E-state index contributed by atoms with van der Waals surface area (Å²) in [6, 6.07) is 15.8. The van der Waals surface area contributed by atoms with Crippen LogP contribution in [0.25, 0.3) is 0 Å². The van der Waals surface area contributed by atoms with Crippen LogP contribution in [0, 0.1) is 5.82 Å². The average molecular weight is 429 g/mol. The van der Waals surface area contributed by atoms with Crippen LogP contribution in [0.3, 0.4) is 0 Å². The number of rotatable bonds is 5. The van der Waals surface area contributed by atoms with Crippen LogP contribution < -0.4 is 15.6 Å². The minimum Gasteiger partial charge on any atom is -0.508 e. The van der Waals surface area contributed by atoms with E-state index < -0.39 is 27.7 Å². The maximum atomic E-state index is 13.7. The number of phenols is 1. The van der Waals surface area contributed by atoms with Crippen molar-refractivity contribution in [3.8, 4) is 5.75 Å². The normalized spacial score (nSPS) is 10.8.